The largest absolute Gasteiger partial charge is 0.497 e. The van der Waals surface area contributed by atoms with E-state index in [2.05, 4.69) is 0 Å². The number of methoxy groups -OCH3 is 1. The van der Waals surface area contributed by atoms with Crippen LogP contribution in [0.2, 0.25) is 0 Å². The maximum Gasteiger partial charge on any atom is 0.410 e. The first kappa shape index (κ1) is 24.8. The molecule has 7 nitrogen and oxygen atoms in total. The van der Waals surface area contributed by atoms with E-state index >= 15 is 0 Å². The molecule has 5 rings (SSSR count). The minimum atomic E-state index is -1.47. The highest BCUT2D eigenvalue weighted by Gasteiger charge is 2.55. The summed E-state index contributed by atoms with van der Waals surface area (Å²) in [5.74, 6) is -0.306. The first-order chi connectivity index (χ1) is 17.9. The molecule has 7 heteroatoms. The molecule has 0 spiro atoms. The molecule has 2 atom stereocenters. The predicted molar refractivity (Wildman–Crippen MR) is 139 cm³/mol. The number of nitrogens with zero attached hydrogens (tertiary/aromatic N) is 2. The Hall–Kier alpha value is -3.84. The van der Waals surface area contributed by atoms with Crippen LogP contribution in [0, 0.1) is 5.92 Å². The lowest BCUT2D eigenvalue weighted by atomic mass is 9.68. The van der Waals surface area contributed by atoms with Gasteiger partial charge in [0.05, 0.1) is 13.0 Å². The van der Waals surface area contributed by atoms with Crippen LogP contribution < -0.4 is 4.74 Å². The van der Waals surface area contributed by atoms with Gasteiger partial charge in [0.25, 0.3) is 5.91 Å². The zero-order valence-electron chi connectivity index (χ0n) is 21.2. The molecule has 2 heterocycles. The van der Waals surface area contributed by atoms with Crippen LogP contribution in [0.4, 0.5) is 4.79 Å². The van der Waals surface area contributed by atoms with E-state index in [0.29, 0.717) is 37.2 Å². The number of aliphatic hydroxyl groups is 1. The van der Waals surface area contributed by atoms with E-state index in [4.69, 9.17) is 9.47 Å². The molecule has 2 amide bonds. The molecule has 0 bridgehead atoms. The van der Waals surface area contributed by atoms with Crippen molar-refractivity contribution in [2.45, 2.75) is 31.1 Å². The first-order valence-corrected chi connectivity index (χ1v) is 12.6. The molecule has 0 radical (unpaired) electrons. The van der Waals surface area contributed by atoms with Crippen LogP contribution in [0.1, 0.15) is 45.8 Å². The van der Waals surface area contributed by atoms with E-state index < -0.39 is 11.6 Å². The van der Waals surface area contributed by atoms with Crippen molar-refractivity contribution in [1.29, 1.82) is 0 Å². The number of ether oxygens (including phenoxy) is 2. The number of amides is 2. The maximum absolute atomic E-state index is 13.5. The van der Waals surface area contributed by atoms with E-state index in [9.17, 15) is 14.7 Å². The molecule has 1 saturated heterocycles. The smallest absolute Gasteiger partial charge is 0.410 e. The number of likely N-dealkylation sites (tertiary alicyclic amines) is 1. The summed E-state index contributed by atoms with van der Waals surface area (Å²) in [6, 6.07) is 24.8. The van der Waals surface area contributed by atoms with Gasteiger partial charge in [0, 0.05) is 31.6 Å². The van der Waals surface area contributed by atoms with E-state index in [-0.39, 0.29) is 24.5 Å². The highest BCUT2D eigenvalue weighted by atomic mass is 16.6. The highest BCUT2D eigenvalue weighted by Crippen LogP contribution is 2.49. The number of rotatable bonds is 5. The summed E-state index contributed by atoms with van der Waals surface area (Å²) in [7, 11) is 3.26. The lowest BCUT2D eigenvalue weighted by Gasteiger charge is -2.53. The van der Waals surface area contributed by atoms with Crippen LogP contribution in [-0.4, -0.2) is 59.9 Å². The van der Waals surface area contributed by atoms with Gasteiger partial charge in [0.15, 0.2) is 5.72 Å². The maximum atomic E-state index is 13.5. The summed E-state index contributed by atoms with van der Waals surface area (Å²) >= 11 is 0. The standard InChI is InChI=1S/C30H32N2O5/c1-31-28(33)25-14-13-24(36-2)19-26(25)27(22-11-7-4-8-12-22)30(31,35)23-15-17-32(18-16-23)29(34)37-20-21-9-5-3-6-10-21/h3-14,19,23,27,35H,15-18,20H2,1-2H3. The molecule has 37 heavy (non-hydrogen) atoms. The summed E-state index contributed by atoms with van der Waals surface area (Å²) in [5, 5.41) is 12.5. The SMILES string of the molecule is COc1ccc2c(c1)C(c1ccccc1)C(O)(C1CCN(C(=O)OCc3ccccc3)CC1)N(C)C2=O. The molecule has 0 aromatic heterocycles. The third-order valence-electron chi connectivity index (χ3n) is 7.76. The van der Waals surface area contributed by atoms with Crippen molar-refractivity contribution in [3.8, 4) is 5.75 Å². The molecule has 1 fully saturated rings. The second-order valence-electron chi connectivity index (χ2n) is 9.75. The summed E-state index contributed by atoms with van der Waals surface area (Å²) in [4.78, 5) is 29.4. The molecule has 0 saturated carbocycles. The van der Waals surface area contributed by atoms with E-state index in [1.165, 1.54) is 4.90 Å². The van der Waals surface area contributed by atoms with Crippen LogP contribution in [-0.2, 0) is 11.3 Å². The van der Waals surface area contributed by atoms with Crippen LogP contribution in [0.3, 0.4) is 0 Å². The van der Waals surface area contributed by atoms with Crippen molar-refractivity contribution in [2.24, 2.45) is 5.92 Å². The Morgan fingerprint density at radius 1 is 1.00 bits per heavy atom. The molecule has 3 aromatic rings. The van der Waals surface area contributed by atoms with Crippen molar-refractivity contribution in [1.82, 2.24) is 9.80 Å². The highest BCUT2D eigenvalue weighted by molar-refractivity contribution is 5.98. The Morgan fingerprint density at radius 2 is 1.65 bits per heavy atom. The topological polar surface area (TPSA) is 79.3 Å². The molecule has 2 aliphatic heterocycles. The third kappa shape index (κ3) is 4.55. The van der Waals surface area contributed by atoms with Gasteiger partial charge in [-0.25, -0.2) is 4.79 Å². The fourth-order valence-electron chi connectivity index (χ4n) is 5.74. The minimum absolute atomic E-state index is 0.218. The van der Waals surface area contributed by atoms with Gasteiger partial charge in [-0.15, -0.1) is 0 Å². The quantitative estimate of drug-likeness (QED) is 0.552. The summed E-state index contributed by atoms with van der Waals surface area (Å²) in [6.07, 6.45) is 0.714. The van der Waals surface area contributed by atoms with Gasteiger partial charge in [-0.3, -0.25) is 4.79 Å². The van der Waals surface area contributed by atoms with Crippen molar-refractivity contribution < 1.29 is 24.2 Å². The molecule has 2 aliphatic rings. The zero-order chi connectivity index (χ0) is 26.0. The first-order valence-electron chi connectivity index (χ1n) is 12.6. The zero-order valence-corrected chi connectivity index (χ0v) is 21.2. The average molecular weight is 501 g/mol. The van der Waals surface area contributed by atoms with Gasteiger partial charge in [-0.05, 0) is 47.7 Å². The molecule has 0 aliphatic carbocycles. The van der Waals surface area contributed by atoms with Gasteiger partial charge in [0.1, 0.15) is 12.4 Å². The number of piperidine rings is 1. The van der Waals surface area contributed by atoms with Crippen molar-refractivity contribution >= 4 is 12.0 Å². The van der Waals surface area contributed by atoms with Gasteiger partial charge in [-0.2, -0.15) is 0 Å². The number of carbonyl (C=O) groups excluding carboxylic acids is 2. The normalized spacial score (nSPS) is 21.9. The molecule has 1 N–H and O–H groups in total. The number of hydrogen-bond donors (Lipinski definition) is 1. The Balaban J connectivity index is 1.41. The lowest BCUT2D eigenvalue weighted by Crippen LogP contribution is -2.63. The number of likely N-dealkylation sites (N-methyl/N-ethyl adjacent to an activating group) is 1. The molecule has 2 unspecified atom stereocenters. The van der Waals surface area contributed by atoms with Gasteiger partial charge in [0.2, 0.25) is 0 Å². The van der Waals surface area contributed by atoms with Gasteiger partial charge >= 0.3 is 6.09 Å². The Kier molecular flexibility index (Phi) is 6.89. The monoisotopic (exact) mass is 500 g/mol. The van der Waals surface area contributed by atoms with Crippen LogP contribution in [0.5, 0.6) is 5.75 Å². The fraction of sp³-hybridized carbons (Fsp3) is 0.333. The second kappa shape index (κ2) is 10.3. The molecule has 3 aromatic carbocycles. The lowest BCUT2D eigenvalue weighted by molar-refractivity contribution is -0.146. The number of carbonyl (C=O) groups is 2. The fourth-order valence-corrected chi connectivity index (χ4v) is 5.74. The van der Waals surface area contributed by atoms with E-state index in [1.807, 2.05) is 66.7 Å². The second-order valence-corrected chi connectivity index (χ2v) is 9.75. The van der Waals surface area contributed by atoms with Crippen LogP contribution >= 0.6 is 0 Å². The van der Waals surface area contributed by atoms with Crippen LogP contribution in [0.25, 0.3) is 0 Å². The average Bonchev–Trinajstić information content (AvgIpc) is 2.95. The number of benzene rings is 3. The van der Waals surface area contributed by atoms with Crippen molar-refractivity contribution in [2.75, 3.05) is 27.2 Å². The van der Waals surface area contributed by atoms with Gasteiger partial charge < -0.3 is 24.4 Å². The minimum Gasteiger partial charge on any atom is -0.497 e. The van der Waals surface area contributed by atoms with E-state index in [0.717, 1.165) is 16.7 Å². The van der Waals surface area contributed by atoms with Crippen molar-refractivity contribution in [3.05, 3.63) is 101 Å². The Labute approximate surface area is 217 Å². The summed E-state index contributed by atoms with van der Waals surface area (Å²) < 4.78 is 11.0. The Morgan fingerprint density at radius 3 is 2.30 bits per heavy atom. The van der Waals surface area contributed by atoms with Gasteiger partial charge in [-0.1, -0.05) is 60.7 Å². The van der Waals surface area contributed by atoms with E-state index in [1.54, 1.807) is 31.2 Å². The number of fused-ring (bicyclic) bond motifs is 1. The third-order valence-corrected chi connectivity index (χ3v) is 7.76. The number of hydrogen-bond acceptors (Lipinski definition) is 5. The molecule has 192 valence electrons. The predicted octanol–water partition coefficient (Wildman–Crippen LogP) is 4.65. The Bertz CT molecular complexity index is 1260. The summed E-state index contributed by atoms with van der Waals surface area (Å²) in [5.41, 5.74) is 1.69. The molecular formula is C30H32N2O5. The molecular weight excluding hydrogens is 468 g/mol. The van der Waals surface area contributed by atoms with Crippen LogP contribution in [0.15, 0.2) is 78.9 Å². The summed E-state index contributed by atoms with van der Waals surface area (Å²) in [6.45, 7) is 1.10. The van der Waals surface area contributed by atoms with Crippen molar-refractivity contribution in [3.63, 3.8) is 0 Å².